The van der Waals surface area contributed by atoms with E-state index >= 15 is 0 Å². The van der Waals surface area contributed by atoms with Crippen LogP contribution >= 0.6 is 35.0 Å². The molecule has 0 aromatic heterocycles. The molecule has 0 unspecified atom stereocenters. The van der Waals surface area contributed by atoms with Crippen molar-refractivity contribution in [3.8, 4) is 0 Å². The van der Waals surface area contributed by atoms with Crippen LogP contribution in [0.15, 0.2) is 24.3 Å². The summed E-state index contributed by atoms with van der Waals surface area (Å²) < 4.78 is 1.12. The van der Waals surface area contributed by atoms with Crippen molar-refractivity contribution in [2.75, 3.05) is 26.7 Å². The number of nitrogens with one attached hydrogen (secondary N) is 1. The van der Waals surface area contributed by atoms with Crippen molar-refractivity contribution < 1.29 is 4.79 Å². The molecule has 1 aromatic carbocycles. The topological polar surface area (TPSA) is 32.3 Å². The Morgan fingerprint density at radius 2 is 2.10 bits per heavy atom. The van der Waals surface area contributed by atoms with E-state index < -0.39 is 0 Å². The van der Waals surface area contributed by atoms with Gasteiger partial charge in [-0.25, -0.2) is 0 Å². The second kappa shape index (κ2) is 8.85. The minimum Gasteiger partial charge on any atom is -0.339 e. The fourth-order valence-electron chi connectivity index (χ4n) is 2.58. The summed E-state index contributed by atoms with van der Waals surface area (Å²) in [5.74, 6) is 0.956. The second-order valence-electron chi connectivity index (χ2n) is 5.14. The Bertz CT molecular complexity index is 434. The van der Waals surface area contributed by atoms with Gasteiger partial charge < -0.3 is 10.2 Å². The smallest absolute Gasteiger partial charge is 0.253 e. The monoisotopic (exact) mass is 408 g/mol. The molecule has 20 heavy (non-hydrogen) atoms. The average molecular weight is 409 g/mol. The molecule has 0 bridgehead atoms. The van der Waals surface area contributed by atoms with Gasteiger partial charge in [0.25, 0.3) is 5.91 Å². The number of hydrogen-bond acceptors (Lipinski definition) is 2. The molecule has 5 heteroatoms. The van der Waals surface area contributed by atoms with Gasteiger partial charge in [-0.2, -0.15) is 0 Å². The van der Waals surface area contributed by atoms with Crippen LogP contribution < -0.4 is 5.32 Å². The molecule has 3 nitrogen and oxygen atoms in total. The SMILES string of the molecule is CNCCC1CCN(C(=O)c2cccc(I)c2)CC1.Cl. The molecule has 112 valence electrons. The zero-order valence-electron chi connectivity index (χ0n) is 11.8. The van der Waals surface area contributed by atoms with Gasteiger partial charge in [-0.05, 0) is 79.6 Å². The third kappa shape index (κ3) is 4.90. The van der Waals surface area contributed by atoms with Crippen molar-refractivity contribution in [3.63, 3.8) is 0 Å². The molecular formula is C15H22ClIN2O. The number of nitrogens with zero attached hydrogens (tertiary/aromatic N) is 1. The summed E-state index contributed by atoms with van der Waals surface area (Å²) >= 11 is 2.25. The van der Waals surface area contributed by atoms with E-state index in [1.165, 1.54) is 6.42 Å². The van der Waals surface area contributed by atoms with E-state index in [-0.39, 0.29) is 18.3 Å². The van der Waals surface area contributed by atoms with Gasteiger partial charge in [0.1, 0.15) is 0 Å². The van der Waals surface area contributed by atoms with Crippen LogP contribution in [0.1, 0.15) is 29.6 Å². The maximum atomic E-state index is 12.4. The molecule has 1 aliphatic heterocycles. The molecule has 0 saturated carbocycles. The minimum atomic E-state index is 0. The summed E-state index contributed by atoms with van der Waals surface area (Å²) in [6, 6.07) is 7.85. The molecule has 2 rings (SSSR count). The first-order valence-corrected chi connectivity index (χ1v) is 7.98. The number of halogens is 2. The first-order valence-electron chi connectivity index (χ1n) is 6.90. The predicted octanol–water partition coefficient (Wildman–Crippen LogP) is 3.17. The molecule has 1 N–H and O–H groups in total. The van der Waals surface area contributed by atoms with E-state index in [0.717, 1.165) is 47.5 Å². The third-order valence-corrected chi connectivity index (χ3v) is 4.45. The zero-order valence-corrected chi connectivity index (χ0v) is 14.7. The highest BCUT2D eigenvalue weighted by Crippen LogP contribution is 2.21. The minimum absolute atomic E-state index is 0. The predicted molar refractivity (Wildman–Crippen MR) is 93.6 cm³/mol. The molecular weight excluding hydrogens is 387 g/mol. The standard InChI is InChI=1S/C15H21IN2O.ClH/c1-17-8-5-12-6-9-18(10-7-12)15(19)13-3-2-4-14(16)11-13;/h2-4,11-12,17H,5-10H2,1H3;1H. The summed E-state index contributed by atoms with van der Waals surface area (Å²) in [7, 11) is 2.00. The highest BCUT2D eigenvalue weighted by atomic mass is 127. The third-order valence-electron chi connectivity index (χ3n) is 3.78. The van der Waals surface area contributed by atoms with E-state index in [2.05, 4.69) is 27.9 Å². The lowest BCUT2D eigenvalue weighted by atomic mass is 9.93. The second-order valence-corrected chi connectivity index (χ2v) is 6.38. The first-order chi connectivity index (χ1) is 9.20. The van der Waals surface area contributed by atoms with Gasteiger partial charge in [0.15, 0.2) is 0 Å². The average Bonchev–Trinajstić information content (AvgIpc) is 2.45. The van der Waals surface area contributed by atoms with Crippen LogP contribution in [-0.4, -0.2) is 37.5 Å². The summed E-state index contributed by atoms with van der Waals surface area (Å²) in [6.07, 6.45) is 3.50. The van der Waals surface area contributed by atoms with Gasteiger partial charge in [0.2, 0.25) is 0 Å². The van der Waals surface area contributed by atoms with Gasteiger partial charge in [-0.1, -0.05) is 6.07 Å². The number of piperidine rings is 1. The van der Waals surface area contributed by atoms with Gasteiger partial charge in [-0.15, -0.1) is 12.4 Å². The normalized spacial score (nSPS) is 15.8. The molecule has 0 aliphatic carbocycles. The van der Waals surface area contributed by atoms with Crippen molar-refractivity contribution in [3.05, 3.63) is 33.4 Å². The Labute approximate surface area is 141 Å². The van der Waals surface area contributed by atoms with Gasteiger partial charge in [0.05, 0.1) is 0 Å². The molecule has 1 saturated heterocycles. The number of likely N-dealkylation sites (tertiary alicyclic amines) is 1. The molecule has 0 radical (unpaired) electrons. The van der Waals surface area contributed by atoms with E-state index in [4.69, 9.17) is 0 Å². The number of rotatable bonds is 4. The maximum absolute atomic E-state index is 12.4. The van der Waals surface area contributed by atoms with Crippen LogP contribution in [0.3, 0.4) is 0 Å². The molecule has 1 fully saturated rings. The van der Waals surface area contributed by atoms with E-state index in [0.29, 0.717) is 0 Å². The van der Waals surface area contributed by atoms with Crippen molar-refractivity contribution in [1.29, 1.82) is 0 Å². The van der Waals surface area contributed by atoms with E-state index in [1.807, 2.05) is 36.2 Å². The Hall–Kier alpha value is -0.330. The molecule has 1 amide bonds. The molecule has 1 heterocycles. The number of benzene rings is 1. The van der Waals surface area contributed by atoms with Crippen LogP contribution in [-0.2, 0) is 0 Å². The summed E-state index contributed by atoms with van der Waals surface area (Å²) in [5, 5.41) is 3.20. The Balaban J connectivity index is 0.00000200. The van der Waals surface area contributed by atoms with Crippen molar-refractivity contribution >= 4 is 40.9 Å². The van der Waals surface area contributed by atoms with Crippen LogP contribution in [0.25, 0.3) is 0 Å². The summed E-state index contributed by atoms with van der Waals surface area (Å²) in [4.78, 5) is 14.4. The first kappa shape index (κ1) is 17.7. The van der Waals surface area contributed by atoms with E-state index in [1.54, 1.807) is 0 Å². The van der Waals surface area contributed by atoms with Crippen LogP contribution in [0.2, 0.25) is 0 Å². The van der Waals surface area contributed by atoms with Crippen molar-refractivity contribution in [2.24, 2.45) is 5.92 Å². The summed E-state index contributed by atoms with van der Waals surface area (Å²) in [6.45, 7) is 2.88. The Kier molecular flexibility index (Phi) is 7.84. The van der Waals surface area contributed by atoms with Gasteiger partial charge >= 0.3 is 0 Å². The Morgan fingerprint density at radius 1 is 1.40 bits per heavy atom. The number of carbonyl (C=O) groups is 1. The van der Waals surface area contributed by atoms with Crippen LogP contribution in [0.4, 0.5) is 0 Å². The number of carbonyl (C=O) groups excluding carboxylic acids is 1. The highest BCUT2D eigenvalue weighted by molar-refractivity contribution is 14.1. The van der Waals surface area contributed by atoms with Crippen molar-refractivity contribution in [1.82, 2.24) is 10.2 Å². The molecule has 1 aromatic rings. The zero-order chi connectivity index (χ0) is 13.7. The van der Waals surface area contributed by atoms with Gasteiger partial charge in [-0.3, -0.25) is 4.79 Å². The number of hydrogen-bond donors (Lipinski definition) is 1. The summed E-state index contributed by atoms with van der Waals surface area (Å²) in [5.41, 5.74) is 0.820. The fourth-order valence-corrected chi connectivity index (χ4v) is 3.12. The lowest BCUT2D eigenvalue weighted by Crippen LogP contribution is -2.39. The maximum Gasteiger partial charge on any atom is 0.253 e. The van der Waals surface area contributed by atoms with Crippen molar-refractivity contribution in [2.45, 2.75) is 19.3 Å². The molecule has 1 aliphatic rings. The molecule has 0 atom stereocenters. The lowest BCUT2D eigenvalue weighted by molar-refractivity contribution is 0.0687. The lowest BCUT2D eigenvalue weighted by Gasteiger charge is -2.32. The quantitative estimate of drug-likeness (QED) is 0.776. The van der Waals surface area contributed by atoms with Crippen LogP contribution in [0, 0.1) is 9.49 Å². The molecule has 0 spiro atoms. The largest absolute Gasteiger partial charge is 0.339 e. The Morgan fingerprint density at radius 3 is 2.70 bits per heavy atom. The number of amides is 1. The fraction of sp³-hybridized carbons (Fsp3) is 0.533. The van der Waals surface area contributed by atoms with Gasteiger partial charge in [0, 0.05) is 22.2 Å². The van der Waals surface area contributed by atoms with Crippen LogP contribution in [0.5, 0.6) is 0 Å². The van der Waals surface area contributed by atoms with E-state index in [9.17, 15) is 4.79 Å². The highest BCUT2D eigenvalue weighted by Gasteiger charge is 2.23.